The molecule has 27 heavy (non-hydrogen) atoms. The number of ether oxygens (including phenoxy) is 1. The number of hydrogen-bond acceptors (Lipinski definition) is 3. The van der Waals surface area contributed by atoms with Crippen molar-refractivity contribution >= 4 is 29.1 Å². The van der Waals surface area contributed by atoms with E-state index in [4.69, 9.17) is 16.3 Å². The van der Waals surface area contributed by atoms with E-state index in [-0.39, 0.29) is 23.8 Å². The maximum Gasteiger partial charge on any atom is 0.262 e. The molecule has 0 bridgehead atoms. The average molecular weight is 385 g/mol. The third-order valence-electron chi connectivity index (χ3n) is 5.48. The van der Waals surface area contributed by atoms with Crippen molar-refractivity contribution in [1.29, 1.82) is 0 Å². The third kappa shape index (κ3) is 3.65. The molecule has 2 amide bonds. The van der Waals surface area contributed by atoms with E-state index in [0.717, 1.165) is 30.7 Å². The monoisotopic (exact) mass is 384 g/mol. The Morgan fingerprint density at radius 2 is 1.89 bits per heavy atom. The highest BCUT2D eigenvalue weighted by atomic mass is 35.5. The quantitative estimate of drug-likeness (QED) is 0.839. The molecular weight excluding hydrogens is 364 g/mol. The van der Waals surface area contributed by atoms with Crippen molar-refractivity contribution in [3.05, 3.63) is 58.6 Å². The second-order valence-electron chi connectivity index (χ2n) is 7.22. The number of amides is 2. The lowest BCUT2D eigenvalue weighted by atomic mass is 9.79. The lowest BCUT2D eigenvalue weighted by Gasteiger charge is -2.30. The normalized spacial score (nSPS) is 17.6. The summed E-state index contributed by atoms with van der Waals surface area (Å²) in [6, 6.07) is 13.0. The summed E-state index contributed by atoms with van der Waals surface area (Å²) in [5.41, 5.74) is 2.30. The van der Waals surface area contributed by atoms with Crippen LogP contribution in [0.2, 0.25) is 5.02 Å². The summed E-state index contributed by atoms with van der Waals surface area (Å²) in [6.07, 6.45) is 4.41. The van der Waals surface area contributed by atoms with E-state index in [1.807, 2.05) is 12.1 Å². The maximum absolute atomic E-state index is 12.7. The van der Waals surface area contributed by atoms with E-state index in [1.165, 1.54) is 5.56 Å². The van der Waals surface area contributed by atoms with E-state index in [9.17, 15) is 9.59 Å². The minimum Gasteiger partial charge on any atom is -0.482 e. The lowest BCUT2D eigenvalue weighted by molar-refractivity contribution is -0.118. The van der Waals surface area contributed by atoms with Gasteiger partial charge in [-0.15, -0.1) is 0 Å². The highest BCUT2D eigenvalue weighted by Crippen LogP contribution is 2.41. The van der Waals surface area contributed by atoms with Gasteiger partial charge in [0, 0.05) is 22.5 Å². The minimum atomic E-state index is -0.189. The van der Waals surface area contributed by atoms with Crippen LogP contribution in [0.15, 0.2) is 42.5 Å². The molecule has 0 aromatic heterocycles. The van der Waals surface area contributed by atoms with Gasteiger partial charge in [-0.05, 0) is 48.7 Å². The van der Waals surface area contributed by atoms with E-state index in [0.29, 0.717) is 23.5 Å². The second kappa shape index (κ2) is 7.24. The zero-order valence-electron chi connectivity index (χ0n) is 14.9. The fourth-order valence-corrected chi connectivity index (χ4v) is 4.12. The fraction of sp³-hybridized carbons (Fsp3) is 0.333. The lowest BCUT2D eigenvalue weighted by Crippen LogP contribution is -2.39. The molecule has 1 heterocycles. The van der Waals surface area contributed by atoms with Crippen molar-refractivity contribution in [2.45, 2.75) is 31.1 Å². The Morgan fingerprint density at radius 1 is 1.15 bits per heavy atom. The Labute approximate surface area is 163 Å². The summed E-state index contributed by atoms with van der Waals surface area (Å²) in [5, 5.41) is 6.54. The van der Waals surface area contributed by atoms with Crippen LogP contribution in [-0.2, 0) is 10.2 Å². The molecular formula is C21H21ClN2O3. The van der Waals surface area contributed by atoms with Gasteiger partial charge in [0.1, 0.15) is 5.75 Å². The summed E-state index contributed by atoms with van der Waals surface area (Å²) in [5.74, 6) is 0.194. The Hall–Kier alpha value is -2.53. The van der Waals surface area contributed by atoms with Crippen LogP contribution in [0.5, 0.6) is 5.75 Å². The van der Waals surface area contributed by atoms with E-state index < -0.39 is 0 Å². The molecule has 0 unspecified atom stereocenters. The van der Waals surface area contributed by atoms with Crippen LogP contribution < -0.4 is 15.4 Å². The SMILES string of the molecule is O=C1COc2cc(C(=O)NCC3(c4ccc(Cl)cc4)CCCC3)ccc2N1. The Kier molecular flexibility index (Phi) is 4.79. The highest BCUT2D eigenvalue weighted by Gasteiger charge is 2.36. The van der Waals surface area contributed by atoms with Crippen molar-refractivity contribution in [3.8, 4) is 5.75 Å². The number of carbonyl (C=O) groups excluding carboxylic acids is 2. The van der Waals surface area contributed by atoms with E-state index >= 15 is 0 Å². The van der Waals surface area contributed by atoms with Crippen LogP contribution >= 0.6 is 11.6 Å². The van der Waals surface area contributed by atoms with Crippen LogP contribution in [0, 0.1) is 0 Å². The second-order valence-corrected chi connectivity index (χ2v) is 7.66. The topological polar surface area (TPSA) is 67.4 Å². The number of carbonyl (C=O) groups is 2. The van der Waals surface area contributed by atoms with E-state index in [2.05, 4.69) is 22.8 Å². The van der Waals surface area contributed by atoms with Gasteiger partial charge in [0.15, 0.2) is 6.61 Å². The van der Waals surface area contributed by atoms with Gasteiger partial charge in [0.2, 0.25) is 0 Å². The molecule has 1 fully saturated rings. The van der Waals surface area contributed by atoms with Crippen LogP contribution in [-0.4, -0.2) is 25.0 Å². The first-order valence-corrected chi connectivity index (χ1v) is 9.55. The van der Waals surface area contributed by atoms with Crippen molar-refractivity contribution < 1.29 is 14.3 Å². The number of nitrogens with one attached hydrogen (secondary N) is 2. The van der Waals surface area contributed by atoms with Gasteiger partial charge in [-0.25, -0.2) is 0 Å². The van der Waals surface area contributed by atoms with Crippen LogP contribution in [0.3, 0.4) is 0 Å². The highest BCUT2D eigenvalue weighted by molar-refractivity contribution is 6.30. The number of hydrogen-bond donors (Lipinski definition) is 2. The summed E-state index contributed by atoms with van der Waals surface area (Å²) >= 11 is 6.03. The molecule has 0 atom stereocenters. The predicted octanol–water partition coefficient (Wildman–Crippen LogP) is 3.91. The molecule has 140 valence electrons. The van der Waals surface area contributed by atoms with Gasteiger partial charge in [0.05, 0.1) is 5.69 Å². The van der Waals surface area contributed by atoms with Crippen molar-refractivity contribution in [2.75, 3.05) is 18.5 Å². The van der Waals surface area contributed by atoms with Gasteiger partial charge < -0.3 is 15.4 Å². The van der Waals surface area contributed by atoms with Crippen molar-refractivity contribution in [2.24, 2.45) is 0 Å². The smallest absolute Gasteiger partial charge is 0.262 e. The van der Waals surface area contributed by atoms with Gasteiger partial charge in [-0.3, -0.25) is 9.59 Å². The average Bonchev–Trinajstić information content (AvgIpc) is 3.16. The first-order chi connectivity index (χ1) is 13.1. The molecule has 1 aliphatic heterocycles. The van der Waals surface area contributed by atoms with Crippen LogP contribution in [0.1, 0.15) is 41.6 Å². The van der Waals surface area contributed by atoms with Crippen LogP contribution in [0.25, 0.3) is 0 Å². The zero-order chi connectivity index (χ0) is 18.9. The van der Waals surface area contributed by atoms with Gasteiger partial charge in [-0.1, -0.05) is 36.6 Å². The van der Waals surface area contributed by atoms with Gasteiger partial charge in [-0.2, -0.15) is 0 Å². The predicted molar refractivity (Wildman–Crippen MR) is 104 cm³/mol. The first-order valence-electron chi connectivity index (χ1n) is 9.17. The summed E-state index contributed by atoms with van der Waals surface area (Å²) < 4.78 is 5.40. The number of halogens is 1. The van der Waals surface area contributed by atoms with Crippen molar-refractivity contribution in [3.63, 3.8) is 0 Å². The zero-order valence-corrected chi connectivity index (χ0v) is 15.6. The maximum atomic E-state index is 12.7. The van der Waals surface area contributed by atoms with Crippen LogP contribution in [0.4, 0.5) is 5.69 Å². The summed E-state index contributed by atoms with van der Waals surface area (Å²) in [7, 11) is 0. The largest absolute Gasteiger partial charge is 0.482 e. The third-order valence-corrected chi connectivity index (χ3v) is 5.73. The molecule has 0 spiro atoms. The van der Waals surface area contributed by atoms with Gasteiger partial charge >= 0.3 is 0 Å². The number of rotatable bonds is 4. The minimum absolute atomic E-state index is 0.0300. The Balaban J connectivity index is 1.49. The molecule has 2 aliphatic rings. The molecule has 4 rings (SSSR count). The fourth-order valence-electron chi connectivity index (χ4n) is 3.99. The Bertz CT molecular complexity index is 873. The molecule has 0 saturated heterocycles. The van der Waals surface area contributed by atoms with Crippen molar-refractivity contribution in [1.82, 2.24) is 5.32 Å². The summed E-state index contributed by atoms with van der Waals surface area (Å²) in [4.78, 5) is 24.1. The molecule has 1 aliphatic carbocycles. The Morgan fingerprint density at radius 3 is 2.63 bits per heavy atom. The molecule has 2 aromatic carbocycles. The molecule has 5 nitrogen and oxygen atoms in total. The molecule has 2 N–H and O–H groups in total. The molecule has 2 aromatic rings. The summed E-state index contributed by atoms with van der Waals surface area (Å²) in [6.45, 7) is 0.555. The van der Waals surface area contributed by atoms with E-state index in [1.54, 1.807) is 18.2 Å². The molecule has 1 saturated carbocycles. The number of fused-ring (bicyclic) bond motifs is 1. The number of anilines is 1. The molecule has 0 radical (unpaired) electrons. The number of benzene rings is 2. The molecule has 6 heteroatoms. The standard InChI is InChI=1S/C21H21ClN2O3/c22-16-6-4-15(5-7-16)21(9-1-2-10-21)13-23-20(26)14-3-8-17-18(11-14)27-12-19(25)24-17/h3-8,11H,1-2,9-10,12-13H2,(H,23,26)(H,24,25). The first kappa shape index (κ1) is 17.9. The van der Waals surface area contributed by atoms with Gasteiger partial charge in [0.25, 0.3) is 11.8 Å².